The monoisotopic (exact) mass is 825 g/mol. The van der Waals surface area contributed by atoms with Crippen LogP contribution in [0.2, 0.25) is 0 Å². The molecule has 312 valence electrons. The summed E-state index contributed by atoms with van der Waals surface area (Å²) in [5, 5.41) is 6.33. The van der Waals surface area contributed by atoms with Crippen molar-refractivity contribution in [2.45, 2.75) is 84.0 Å². The van der Waals surface area contributed by atoms with Gasteiger partial charge in [-0.05, 0) is 66.1 Å². The summed E-state index contributed by atoms with van der Waals surface area (Å²) in [7, 11) is 2.56. The maximum atomic E-state index is 13.9. The van der Waals surface area contributed by atoms with Gasteiger partial charge < -0.3 is 39.3 Å². The van der Waals surface area contributed by atoms with Gasteiger partial charge in [-0.1, -0.05) is 46.6 Å². The number of imidazole rings is 1. The number of likely N-dealkylation sites (tertiary alicyclic amines) is 1. The summed E-state index contributed by atoms with van der Waals surface area (Å²) in [6.45, 7) is 8.41. The molecule has 6 atom stereocenters. The van der Waals surface area contributed by atoms with Crippen LogP contribution in [0.5, 0.6) is 0 Å². The number of aromatic nitrogens is 2. The molecule has 4 amide bonds. The van der Waals surface area contributed by atoms with Gasteiger partial charge in [0.1, 0.15) is 29.1 Å². The number of carbonyl (C=O) groups is 4. The highest BCUT2D eigenvalue weighted by atomic mass is 32.2. The highest BCUT2D eigenvalue weighted by Gasteiger charge is 2.40. The third-order valence-corrected chi connectivity index (χ3v) is 13.0. The topological polar surface area (TPSA) is 189 Å². The standard InChI is InChI=1S/C43H51N7O8S/c1-7-23(3)36(47-42(54)56-5)40(52)49-15-9-10-32(49)30-17-27(19-44-30)25-11-13-28-35(18-25)58-34-14-12-26(16-29(34)38(28)51)31-20-45-39(46-31)33-21-59-22-50(33)41(53)37(24(4)8-2)48-43(55)57-6/h11-14,16,18-20,23-24,32-33,36-37H,7-10,15,17,21-22H2,1-6H3,(H,45,46)(H,47,54)(H,48,55)/t23-,24-,32-,33-,36-,37?/m0/s1. The number of thioether (sulfide) groups is 1. The first kappa shape index (κ1) is 41.5. The van der Waals surface area contributed by atoms with E-state index in [4.69, 9.17) is 18.9 Å². The van der Waals surface area contributed by atoms with Crippen molar-refractivity contribution in [3.05, 3.63) is 70.4 Å². The number of nitrogens with zero attached hydrogens (tertiary/aromatic N) is 4. The predicted molar refractivity (Wildman–Crippen MR) is 227 cm³/mol. The Morgan fingerprint density at radius 1 is 0.898 bits per heavy atom. The van der Waals surface area contributed by atoms with E-state index in [2.05, 4.69) is 20.6 Å². The van der Waals surface area contributed by atoms with Crippen LogP contribution in [0, 0.1) is 11.8 Å². The molecule has 3 N–H and O–H groups in total. The van der Waals surface area contributed by atoms with Crippen molar-refractivity contribution in [3.8, 4) is 11.3 Å². The minimum absolute atomic E-state index is 0.0751. The number of benzene rings is 2. The molecule has 5 heterocycles. The van der Waals surface area contributed by atoms with Crippen LogP contribution in [0.3, 0.4) is 0 Å². The Morgan fingerprint density at radius 3 is 2.25 bits per heavy atom. The molecule has 2 aromatic heterocycles. The molecule has 4 aromatic rings. The van der Waals surface area contributed by atoms with Crippen molar-refractivity contribution >= 4 is 69.0 Å². The average molecular weight is 826 g/mol. The molecule has 16 heteroatoms. The van der Waals surface area contributed by atoms with Crippen molar-refractivity contribution < 1.29 is 33.1 Å². The molecule has 2 fully saturated rings. The number of amides is 4. The molecule has 7 rings (SSSR count). The molecule has 3 aliphatic heterocycles. The van der Waals surface area contributed by atoms with Crippen LogP contribution < -0.4 is 16.1 Å². The van der Waals surface area contributed by atoms with E-state index >= 15 is 0 Å². The highest BCUT2D eigenvalue weighted by Crippen LogP contribution is 2.36. The van der Waals surface area contributed by atoms with Crippen molar-refractivity contribution in [1.29, 1.82) is 0 Å². The fourth-order valence-corrected chi connectivity index (χ4v) is 9.23. The zero-order valence-corrected chi connectivity index (χ0v) is 35.0. The number of nitrogens with one attached hydrogen (secondary N) is 3. The quantitative estimate of drug-likeness (QED) is 0.131. The van der Waals surface area contributed by atoms with Crippen LogP contribution in [0.15, 0.2) is 63.0 Å². The smallest absolute Gasteiger partial charge is 0.407 e. The van der Waals surface area contributed by atoms with Gasteiger partial charge in [-0.2, -0.15) is 0 Å². The van der Waals surface area contributed by atoms with Crippen LogP contribution in [0.1, 0.15) is 77.2 Å². The summed E-state index contributed by atoms with van der Waals surface area (Å²) in [5.74, 6) is 1.21. The zero-order valence-electron chi connectivity index (χ0n) is 34.2. The van der Waals surface area contributed by atoms with E-state index in [9.17, 15) is 24.0 Å². The zero-order chi connectivity index (χ0) is 42.0. The number of ether oxygens (including phenoxy) is 2. The average Bonchev–Trinajstić information content (AvgIpc) is 4.10. The molecule has 0 spiro atoms. The number of aliphatic imine (C=N–C) groups is 1. The number of fused-ring (bicyclic) bond motifs is 2. The lowest BCUT2D eigenvalue weighted by Crippen LogP contribution is -2.54. The summed E-state index contributed by atoms with van der Waals surface area (Å²) in [5.41, 5.74) is 4.87. The molecule has 0 radical (unpaired) electrons. The highest BCUT2D eigenvalue weighted by molar-refractivity contribution is 7.99. The first-order valence-corrected chi connectivity index (χ1v) is 21.3. The van der Waals surface area contributed by atoms with Gasteiger partial charge in [0.15, 0.2) is 0 Å². The largest absolute Gasteiger partial charge is 0.456 e. The van der Waals surface area contributed by atoms with Crippen LogP contribution in [0.25, 0.3) is 38.8 Å². The molecule has 1 unspecified atom stereocenters. The van der Waals surface area contributed by atoms with Gasteiger partial charge in [0.2, 0.25) is 17.2 Å². The minimum atomic E-state index is -0.735. The van der Waals surface area contributed by atoms with E-state index in [0.29, 0.717) is 70.9 Å². The van der Waals surface area contributed by atoms with Crippen LogP contribution >= 0.6 is 11.8 Å². The Kier molecular flexibility index (Phi) is 12.4. The predicted octanol–water partition coefficient (Wildman–Crippen LogP) is 6.63. The van der Waals surface area contributed by atoms with E-state index in [1.807, 2.05) is 57.0 Å². The lowest BCUT2D eigenvalue weighted by atomic mass is 9.95. The van der Waals surface area contributed by atoms with E-state index in [0.717, 1.165) is 35.3 Å². The number of rotatable bonds is 12. The number of alkyl carbamates (subject to hydrolysis) is 2. The van der Waals surface area contributed by atoms with Gasteiger partial charge in [-0.25, -0.2) is 14.6 Å². The first-order chi connectivity index (χ1) is 28.5. The number of H-pyrrole nitrogens is 1. The molecule has 0 saturated carbocycles. The number of hydrogen-bond acceptors (Lipinski definition) is 11. The molecular formula is C43H51N7O8S. The second-order valence-electron chi connectivity index (χ2n) is 15.5. The van der Waals surface area contributed by atoms with Crippen LogP contribution in [-0.4, -0.2) is 100.0 Å². The normalized spacial score (nSPS) is 19.9. The van der Waals surface area contributed by atoms with Crippen molar-refractivity contribution in [3.63, 3.8) is 0 Å². The summed E-state index contributed by atoms with van der Waals surface area (Å²) in [6.07, 6.45) is 5.81. The molecule has 2 aromatic carbocycles. The molecule has 59 heavy (non-hydrogen) atoms. The van der Waals surface area contributed by atoms with E-state index < -0.39 is 24.3 Å². The van der Waals surface area contributed by atoms with E-state index in [1.54, 1.807) is 41.1 Å². The first-order valence-electron chi connectivity index (χ1n) is 20.2. The van der Waals surface area contributed by atoms with Crippen molar-refractivity contribution in [1.82, 2.24) is 30.4 Å². The second-order valence-corrected chi connectivity index (χ2v) is 16.5. The van der Waals surface area contributed by atoms with Gasteiger partial charge in [0.25, 0.3) is 0 Å². The summed E-state index contributed by atoms with van der Waals surface area (Å²) in [4.78, 5) is 82.1. The molecule has 0 bridgehead atoms. The molecule has 2 saturated heterocycles. The Labute approximate surface area is 346 Å². The maximum absolute atomic E-state index is 13.9. The lowest BCUT2D eigenvalue weighted by molar-refractivity contribution is -0.135. The van der Waals surface area contributed by atoms with Gasteiger partial charge in [-0.3, -0.25) is 19.4 Å². The maximum Gasteiger partial charge on any atom is 0.407 e. The van der Waals surface area contributed by atoms with E-state index in [-0.39, 0.29) is 41.2 Å². The van der Waals surface area contributed by atoms with E-state index in [1.165, 1.54) is 14.2 Å². The number of carbonyl (C=O) groups excluding carboxylic acids is 4. The number of aromatic amines is 1. The SMILES string of the molecule is CC[C@H](C)C(NC(=O)OC)C(=O)N1CSC[C@H]1c1ncc(-c2ccc3oc4cc(C5=CN=C([C@@H]6CCCN6C(=O)[C@@H](NC(=O)OC)[C@@H](C)CC)C5)ccc4c(=O)c3c2)[nH]1. The van der Waals surface area contributed by atoms with Crippen molar-refractivity contribution in [2.24, 2.45) is 16.8 Å². The number of hydrogen-bond donors (Lipinski definition) is 3. The Balaban J connectivity index is 1.07. The Hall–Kier alpha value is -5.64. The van der Waals surface area contributed by atoms with Gasteiger partial charge >= 0.3 is 12.2 Å². The summed E-state index contributed by atoms with van der Waals surface area (Å²) >= 11 is 1.61. The van der Waals surface area contributed by atoms with Crippen LogP contribution in [0.4, 0.5) is 9.59 Å². The molecular weight excluding hydrogens is 775 g/mol. The van der Waals surface area contributed by atoms with Crippen LogP contribution in [-0.2, 0) is 19.1 Å². The molecule has 15 nitrogen and oxygen atoms in total. The minimum Gasteiger partial charge on any atom is -0.456 e. The number of methoxy groups -OCH3 is 2. The molecule has 0 aliphatic carbocycles. The van der Waals surface area contributed by atoms with Gasteiger partial charge in [0.05, 0.1) is 54.8 Å². The fraction of sp³-hybridized carbons (Fsp3) is 0.465. The Morgan fingerprint density at radius 2 is 1.58 bits per heavy atom. The third kappa shape index (κ3) is 8.32. The summed E-state index contributed by atoms with van der Waals surface area (Å²) in [6, 6.07) is 9.04. The van der Waals surface area contributed by atoms with Crippen molar-refractivity contribution in [2.75, 3.05) is 32.4 Å². The van der Waals surface area contributed by atoms with Gasteiger partial charge in [-0.15, -0.1) is 11.8 Å². The number of allylic oxidation sites excluding steroid dienone is 1. The van der Waals surface area contributed by atoms with Gasteiger partial charge in [0, 0.05) is 36.2 Å². The summed E-state index contributed by atoms with van der Waals surface area (Å²) < 4.78 is 15.9. The second kappa shape index (κ2) is 17.7. The Bertz CT molecular complexity index is 2390. The fourth-order valence-electron chi connectivity index (χ4n) is 8.06. The third-order valence-electron chi connectivity index (χ3n) is 12.0. The lowest BCUT2D eigenvalue weighted by Gasteiger charge is -2.31. The molecule has 3 aliphatic rings.